The molecule has 2 heterocycles. The van der Waals surface area contributed by atoms with Crippen molar-refractivity contribution in [3.8, 4) is 0 Å². The highest BCUT2D eigenvalue weighted by Gasteiger charge is 2.32. The van der Waals surface area contributed by atoms with E-state index in [-0.39, 0.29) is 11.2 Å². The van der Waals surface area contributed by atoms with E-state index in [0.29, 0.717) is 6.42 Å². The van der Waals surface area contributed by atoms with Crippen LogP contribution in [0.1, 0.15) is 46.2 Å². The minimum atomic E-state index is 0.0732. The van der Waals surface area contributed by atoms with Crippen LogP contribution < -0.4 is 0 Å². The van der Waals surface area contributed by atoms with Crippen molar-refractivity contribution in [1.29, 1.82) is 0 Å². The van der Waals surface area contributed by atoms with E-state index >= 15 is 0 Å². The Morgan fingerprint density at radius 3 is 2.89 bits per heavy atom. The van der Waals surface area contributed by atoms with Gasteiger partial charge >= 0.3 is 0 Å². The van der Waals surface area contributed by atoms with E-state index in [9.17, 15) is 4.79 Å². The topological polar surface area (TPSA) is 34.9 Å². The van der Waals surface area contributed by atoms with E-state index in [1.165, 1.54) is 10.6 Å². The maximum Gasteiger partial charge on any atom is 0.165 e. The molecule has 3 nitrogen and oxygen atoms in total. The quantitative estimate of drug-likeness (QED) is 0.840. The molecule has 0 aromatic carbocycles. The number of hydrogen-bond donors (Lipinski definition) is 0. The molecule has 3 rings (SSSR count). The summed E-state index contributed by atoms with van der Waals surface area (Å²) in [5.74, 6) is 0.283. The van der Waals surface area contributed by atoms with Gasteiger partial charge in [0.2, 0.25) is 0 Å². The van der Waals surface area contributed by atoms with Gasteiger partial charge in [-0.05, 0) is 24.8 Å². The Labute approximate surface area is 117 Å². The van der Waals surface area contributed by atoms with Gasteiger partial charge in [-0.3, -0.25) is 4.79 Å². The molecule has 0 atom stereocenters. The number of Topliss-reactive ketones (excluding diaryl/α,β-unsaturated/α-hetero) is 1. The summed E-state index contributed by atoms with van der Waals surface area (Å²) in [7, 11) is 0. The maximum atomic E-state index is 12.1. The first kappa shape index (κ1) is 12.6. The second-order valence-electron chi connectivity index (χ2n) is 6.09. The highest BCUT2D eigenvalue weighted by atomic mass is 32.1. The third kappa shape index (κ3) is 2.37. The largest absolute Gasteiger partial charge is 0.345 e. The fourth-order valence-corrected chi connectivity index (χ4v) is 3.59. The molecule has 0 spiro atoms. The van der Waals surface area contributed by atoms with Crippen molar-refractivity contribution >= 4 is 17.1 Å². The summed E-state index contributed by atoms with van der Waals surface area (Å²) in [6, 6.07) is 1.97. The van der Waals surface area contributed by atoms with E-state index in [4.69, 9.17) is 0 Å². The number of aromatic nitrogens is 2. The Morgan fingerprint density at radius 2 is 2.21 bits per heavy atom. The van der Waals surface area contributed by atoms with E-state index < -0.39 is 0 Å². The molecule has 19 heavy (non-hydrogen) atoms. The van der Waals surface area contributed by atoms with Crippen molar-refractivity contribution in [3.63, 3.8) is 0 Å². The van der Waals surface area contributed by atoms with Crippen LogP contribution in [0.3, 0.4) is 0 Å². The van der Waals surface area contributed by atoms with E-state index in [0.717, 1.165) is 23.5 Å². The molecule has 0 amide bonds. The van der Waals surface area contributed by atoms with Crippen LogP contribution in [0.2, 0.25) is 0 Å². The molecule has 0 saturated heterocycles. The van der Waals surface area contributed by atoms with Gasteiger partial charge in [-0.2, -0.15) is 0 Å². The van der Waals surface area contributed by atoms with Gasteiger partial charge in [0.15, 0.2) is 5.78 Å². The summed E-state index contributed by atoms with van der Waals surface area (Å²) in [5.41, 5.74) is 2.18. The van der Waals surface area contributed by atoms with Gasteiger partial charge in [0.05, 0.1) is 11.6 Å². The van der Waals surface area contributed by atoms with Crippen LogP contribution in [0.5, 0.6) is 0 Å². The fraction of sp³-hybridized carbons (Fsp3) is 0.467. The Morgan fingerprint density at radius 1 is 1.42 bits per heavy atom. The molecule has 0 saturated carbocycles. The van der Waals surface area contributed by atoms with Crippen molar-refractivity contribution in [2.45, 2.75) is 40.2 Å². The van der Waals surface area contributed by atoms with Gasteiger partial charge in [0.25, 0.3) is 0 Å². The number of carbonyl (C=O) groups excluding carboxylic acids is 1. The molecular formula is C15H18N2OS. The van der Waals surface area contributed by atoms with Crippen LogP contribution in [-0.2, 0) is 13.0 Å². The van der Waals surface area contributed by atoms with Crippen molar-refractivity contribution in [2.24, 2.45) is 5.41 Å². The Balaban J connectivity index is 1.95. The van der Waals surface area contributed by atoms with Crippen LogP contribution >= 0.6 is 11.3 Å². The Kier molecular flexibility index (Phi) is 2.86. The van der Waals surface area contributed by atoms with Crippen LogP contribution in [0.4, 0.5) is 0 Å². The zero-order valence-electron chi connectivity index (χ0n) is 11.6. The maximum absolute atomic E-state index is 12.1. The highest BCUT2D eigenvalue weighted by Crippen LogP contribution is 2.35. The molecule has 0 bridgehead atoms. The lowest BCUT2D eigenvalue weighted by atomic mass is 9.76. The normalized spacial score (nSPS) is 17.5. The molecule has 1 aliphatic carbocycles. The fourth-order valence-electron chi connectivity index (χ4n) is 2.80. The van der Waals surface area contributed by atoms with Gasteiger partial charge < -0.3 is 4.57 Å². The molecule has 2 aromatic rings. The first-order valence-electron chi connectivity index (χ1n) is 6.57. The summed E-state index contributed by atoms with van der Waals surface area (Å²) in [6.07, 6.45) is 5.60. The minimum Gasteiger partial charge on any atom is -0.345 e. The summed E-state index contributed by atoms with van der Waals surface area (Å²) in [5, 5.41) is 1.09. The molecule has 1 aliphatic rings. The lowest BCUT2D eigenvalue weighted by Crippen LogP contribution is -2.28. The molecule has 0 aliphatic heterocycles. The summed E-state index contributed by atoms with van der Waals surface area (Å²) in [6.45, 7) is 7.18. The number of ketones is 1. The van der Waals surface area contributed by atoms with Crippen molar-refractivity contribution in [2.75, 3.05) is 0 Å². The number of hydrogen-bond acceptors (Lipinski definition) is 3. The molecule has 4 heteroatoms. The number of aryl methyl sites for hydroxylation is 1. The van der Waals surface area contributed by atoms with Crippen molar-refractivity contribution in [1.82, 2.24) is 9.55 Å². The third-order valence-electron chi connectivity index (χ3n) is 3.66. The second kappa shape index (κ2) is 4.30. The lowest BCUT2D eigenvalue weighted by Gasteiger charge is -2.29. The van der Waals surface area contributed by atoms with Gasteiger partial charge in [-0.15, -0.1) is 11.3 Å². The summed E-state index contributed by atoms with van der Waals surface area (Å²) < 4.78 is 2.21. The Bertz CT molecular complexity index is 636. The summed E-state index contributed by atoms with van der Waals surface area (Å²) in [4.78, 5) is 17.7. The number of fused-ring (bicyclic) bond motifs is 1. The predicted octanol–water partition coefficient (Wildman–Crippen LogP) is 3.46. The second-order valence-corrected chi connectivity index (χ2v) is 7.41. The van der Waals surface area contributed by atoms with Gasteiger partial charge in [0, 0.05) is 34.9 Å². The molecule has 2 aromatic heterocycles. The van der Waals surface area contributed by atoms with Gasteiger partial charge in [0.1, 0.15) is 0 Å². The standard InChI is InChI=1S/C15H18N2OS/c1-10-16-8-11(19-10)9-17-5-4-12-13(17)6-15(2,3)7-14(12)18/h4-5,8H,6-7,9H2,1-3H3. The van der Waals surface area contributed by atoms with Crippen LogP contribution in [-0.4, -0.2) is 15.3 Å². The van der Waals surface area contributed by atoms with Crippen LogP contribution in [0.15, 0.2) is 18.5 Å². The summed E-state index contributed by atoms with van der Waals surface area (Å²) >= 11 is 1.72. The third-order valence-corrected chi connectivity index (χ3v) is 4.56. The molecule has 0 fully saturated rings. The van der Waals surface area contributed by atoms with Crippen LogP contribution in [0.25, 0.3) is 0 Å². The first-order valence-corrected chi connectivity index (χ1v) is 7.39. The number of nitrogens with zero attached hydrogens (tertiary/aromatic N) is 2. The monoisotopic (exact) mass is 274 g/mol. The smallest absolute Gasteiger partial charge is 0.165 e. The molecular weight excluding hydrogens is 256 g/mol. The first-order chi connectivity index (χ1) is 8.94. The predicted molar refractivity (Wildman–Crippen MR) is 76.8 cm³/mol. The Hall–Kier alpha value is -1.42. The molecule has 0 radical (unpaired) electrons. The van der Waals surface area contributed by atoms with Crippen molar-refractivity contribution < 1.29 is 4.79 Å². The highest BCUT2D eigenvalue weighted by molar-refractivity contribution is 7.11. The number of rotatable bonds is 2. The average Bonchev–Trinajstić information content (AvgIpc) is 2.86. The van der Waals surface area contributed by atoms with E-state index in [1.54, 1.807) is 11.3 Å². The zero-order chi connectivity index (χ0) is 13.6. The van der Waals surface area contributed by atoms with Gasteiger partial charge in [-0.1, -0.05) is 13.8 Å². The molecule has 0 unspecified atom stereocenters. The van der Waals surface area contributed by atoms with Crippen molar-refractivity contribution in [3.05, 3.63) is 39.6 Å². The van der Waals surface area contributed by atoms with E-state index in [2.05, 4.69) is 23.4 Å². The SMILES string of the molecule is Cc1ncc(Cn2ccc3c2CC(C)(C)CC3=O)s1. The van der Waals surface area contributed by atoms with Crippen LogP contribution in [0, 0.1) is 12.3 Å². The molecule has 0 N–H and O–H groups in total. The number of thiazole rings is 1. The van der Waals surface area contributed by atoms with E-state index in [1.807, 2.05) is 25.4 Å². The number of carbonyl (C=O) groups is 1. The average molecular weight is 274 g/mol. The zero-order valence-corrected chi connectivity index (χ0v) is 12.4. The minimum absolute atomic E-state index is 0.0732. The van der Waals surface area contributed by atoms with Gasteiger partial charge in [-0.25, -0.2) is 4.98 Å². The lowest BCUT2D eigenvalue weighted by molar-refractivity contribution is 0.0910. The molecule has 100 valence electrons.